The third kappa shape index (κ3) is 4.96. The Morgan fingerprint density at radius 1 is 0.966 bits per heavy atom. The summed E-state index contributed by atoms with van der Waals surface area (Å²) in [6.45, 7) is 5.58. The average molecular weight is 389 g/mol. The zero-order chi connectivity index (χ0) is 19.9. The molecule has 1 aliphatic heterocycles. The highest BCUT2D eigenvalue weighted by Crippen LogP contribution is 2.15. The standard InChI is InChI=1S/C23H28N6/c1-24-23(29-15-13-28(14-16-29)22-5-3-2-4-6-22)26-17-20-7-9-21(10-8-20)18-27-12-11-25-19-27/h2-12,19H,13-18H2,1H3,(H,24,26). The molecule has 1 N–H and O–H groups in total. The van der Waals surface area contributed by atoms with E-state index in [2.05, 4.69) is 84.3 Å². The van der Waals surface area contributed by atoms with Gasteiger partial charge in [0, 0.05) is 64.4 Å². The number of hydrogen-bond acceptors (Lipinski definition) is 3. The molecular weight excluding hydrogens is 360 g/mol. The zero-order valence-electron chi connectivity index (χ0n) is 16.9. The summed E-state index contributed by atoms with van der Waals surface area (Å²) in [6.07, 6.45) is 5.64. The van der Waals surface area contributed by atoms with Gasteiger partial charge in [-0.15, -0.1) is 0 Å². The van der Waals surface area contributed by atoms with Crippen LogP contribution in [0.5, 0.6) is 0 Å². The van der Waals surface area contributed by atoms with Crippen molar-refractivity contribution in [3.63, 3.8) is 0 Å². The molecule has 0 bridgehead atoms. The molecule has 1 aliphatic rings. The van der Waals surface area contributed by atoms with Gasteiger partial charge in [-0.3, -0.25) is 4.99 Å². The van der Waals surface area contributed by atoms with Crippen molar-refractivity contribution in [3.8, 4) is 0 Å². The van der Waals surface area contributed by atoms with Gasteiger partial charge < -0.3 is 19.7 Å². The minimum Gasteiger partial charge on any atom is -0.368 e. The van der Waals surface area contributed by atoms with Crippen LogP contribution in [0.4, 0.5) is 5.69 Å². The minimum atomic E-state index is 0.775. The Morgan fingerprint density at radius 3 is 2.34 bits per heavy atom. The van der Waals surface area contributed by atoms with Crippen LogP contribution in [-0.4, -0.2) is 53.6 Å². The van der Waals surface area contributed by atoms with Crippen molar-refractivity contribution in [2.75, 3.05) is 38.1 Å². The van der Waals surface area contributed by atoms with Crippen molar-refractivity contribution in [1.29, 1.82) is 0 Å². The molecule has 0 amide bonds. The summed E-state index contributed by atoms with van der Waals surface area (Å²) in [7, 11) is 1.86. The highest BCUT2D eigenvalue weighted by molar-refractivity contribution is 5.80. The molecule has 6 nitrogen and oxygen atoms in total. The Kier molecular flexibility index (Phi) is 6.10. The second-order valence-electron chi connectivity index (χ2n) is 7.26. The summed E-state index contributed by atoms with van der Waals surface area (Å²) >= 11 is 0. The number of hydrogen-bond donors (Lipinski definition) is 1. The largest absolute Gasteiger partial charge is 0.368 e. The number of benzene rings is 2. The van der Waals surface area contributed by atoms with Crippen LogP contribution in [0.3, 0.4) is 0 Å². The average Bonchev–Trinajstić information content (AvgIpc) is 3.29. The monoisotopic (exact) mass is 388 g/mol. The first-order valence-corrected chi connectivity index (χ1v) is 10.1. The van der Waals surface area contributed by atoms with E-state index in [1.807, 2.05) is 25.8 Å². The van der Waals surface area contributed by atoms with Crippen molar-refractivity contribution >= 4 is 11.6 Å². The summed E-state index contributed by atoms with van der Waals surface area (Å²) in [5.74, 6) is 0.972. The lowest BCUT2D eigenvalue weighted by molar-refractivity contribution is 0.372. The molecule has 0 saturated carbocycles. The van der Waals surface area contributed by atoms with Crippen LogP contribution in [0.2, 0.25) is 0 Å². The van der Waals surface area contributed by atoms with Crippen LogP contribution in [0, 0.1) is 0 Å². The molecule has 0 aliphatic carbocycles. The van der Waals surface area contributed by atoms with E-state index in [4.69, 9.17) is 0 Å². The molecule has 0 radical (unpaired) electrons. The molecule has 0 unspecified atom stereocenters. The maximum Gasteiger partial charge on any atom is 0.194 e. The second-order valence-corrected chi connectivity index (χ2v) is 7.26. The molecule has 6 heteroatoms. The normalized spacial score (nSPS) is 14.9. The molecule has 1 aromatic heterocycles. The predicted molar refractivity (Wildman–Crippen MR) is 118 cm³/mol. The Labute approximate surface area is 172 Å². The minimum absolute atomic E-state index is 0.775. The Morgan fingerprint density at radius 2 is 1.69 bits per heavy atom. The van der Waals surface area contributed by atoms with E-state index in [-0.39, 0.29) is 0 Å². The van der Waals surface area contributed by atoms with Gasteiger partial charge in [-0.05, 0) is 23.3 Å². The fraction of sp³-hybridized carbons (Fsp3) is 0.304. The molecule has 2 aromatic carbocycles. The van der Waals surface area contributed by atoms with Crippen molar-refractivity contribution in [2.45, 2.75) is 13.1 Å². The van der Waals surface area contributed by atoms with Crippen LogP contribution in [0.25, 0.3) is 0 Å². The lowest BCUT2D eigenvalue weighted by atomic mass is 10.1. The van der Waals surface area contributed by atoms with Crippen LogP contribution < -0.4 is 10.2 Å². The van der Waals surface area contributed by atoms with Crippen LogP contribution in [0.15, 0.2) is 78.3 Å². The number of nitrogens with zero attached hydrogens (tertiary/aromatic N) is 5. The molecule has 150 valence electrons. The van der Waals surface area contributed by atoms with Crippen molar-refractivity contribution < 1.29 is 0 Å². The van der Waals surface area contributed by atoms with Gasteiger partial charge in [0.15, 0.2) is 5.96 Å². The molecule has 4 rings (SSSR count). The smallest absolute Gasteiger partial charge is 0.194 e. The molecule has 29 heavy (non-hydrogen) atoms. The number of rotatable bonds is 5. The number of guanidine groups is 1. The quantitative estimate of drug-likeness (QED) is 0.539. The van der Waals surface area contributed by atoms with Crippen LogP contribution >= 0.6 is 0 Å². The highest BCUT2D eigenvalue weighted by Gasteiger charge is 2.19. The first-order chi connectivity index (χ1) is 14.3. The third-order valence-corrected chi connectivity index (χ3v) is 5.31. The highest BCUT2D eigenvalue weighted by atomic mass is 15.3. The third-order valence-electron chi connectivity index (χ3n) is 5.31. The number of aromatic nitrogens is 2. The van der Waals surface area contributed by atoms with Gasteiger partial charge in [-0.1, -0.05) is 42.5 Å². The van der Waals surface area contributed by atoms with Gasteiger partial charge in [-0.2, -0.15) is 0 Å². The molecule has 0 spiro atoms. The van der Waals surface area contributed by atoms with Gasteiger partial charge in [0.05, 0.1) is 6.33 Å². The Balaban J connectivity index is 1.27. The van der Waals surface area contributed by atoms with E-state index < -0.39 is 0 Å². The molecule has 3 aromatic rings. The number of anilines is 1. The van der Waals surface area contributed by atoms with Crippen molar-refractivity contribution in [3.05, 3.63) is 84.4 Å². The summed E-state index contributed by atoms with van der Waals surface area (Å²) < 4.78 is 2.07. The van der Waals surface area contributed by atoms with Gasteiger partial charge in [-0.25, -0.2) is 4.98 Å². The zero-order valence-corrected chi connectivity index (χ0v) is 16.9. The van der Waals surface area contributed by atoms with E-state index in [0.29, 0.717) is 0 Å². The van der Waals surface area contributed by atoms with Gasteiger partial charge in [0.1, 0.15) is 0 Å². The Bertz CT molecular complexity index is 894. The Hall–Kier alpha value is -3.28. The molecule has 1 fully saturated rings. The first-order valence-electron chi connectivity index (χ1n) is 10.1. The van der Waals surface area contributed by atoms with E-state index in [0.717, 1.165) is 45.2 Å². The van der Waals surface area contributed by atoms with E-state index in [1.165, 1.54) is 16.8 Å². The van der Waals surface area contributed by atoms with Crippen molar-refractivity contribution in [2.24, 2.45) is 4.99 Å². The number of nitrogens with one attached hydrogen (secondary N) is 1. The lowest BCUT2D eigenvalue weighted by Gasteiger charge is -2.37. The second kappa shape index (κ2) is 9.28. The summed E-state index contributed by atoms with van der Waals surface area (Å²) in [4.78, 5) is 13.4. The SMILES string of the molecule is CN=C(NCc1ccc(Cn2ccnc2)cc1)N1CCN(c2ccccc2)CC1. The van der Waals surface area contributed by atoms with Gasteiger partial charge in [0.25, 0.3) is 0 Å². The van der Waals surface area contributed by atoms with Gasteiger partial charge >= 0.3 is 0 Å². The van der Waals surface area contributed by atoms with Crippen LogP contribution in [0.1, 0.15) is 11.1 Å². The fourth-order valence-corrected chi connectivity index (χ4v) is 3.68. The molecule has 0 atom stereocenters. The summed E-state index contributed by atoms with van der Waals surface area (Å²) in [6, 6.07) is 19.3. The number of aliphatic imine (C=N–C) groups is 1. The fourth-order valence-electron chi connectivity index (χ4n) is 3.68. The summed E-state index contributed by atoms with van der Waals surface area (Å²) in [5.41, 5.74) is 3.82. The maximum absolute atomic E-state index is 4.49. The van der Waals surface area contributed by atoms with E-state index >= 15 is 0 Å². The number of para-hydroxylation sites is 1. The molecule has 2 heterocycles. The summed E-state index contributed by atoms with van der Waals surface area (Å²) in [5, 5.41) is 3.52. The predicted octanol–water partition coefficient (Wildman–Crippen LogP) is 2.83. The van der Waals surface area contributed by atoms with E-state index in [1.54, 1.807) is 0 Å². The van der Waals surface area contributed by atoms with Crippen LogP contribution in [-0.2, 0) is 13.1 Å². The topological polar surface area (TPSA) is 48.7 Å². The number of piperazine rings is 1. The maximum atomic E-state index is 4.49. The van der Waals surface area contributed by atoms with Crippen molar-refractivity contribution in [1.82, 2.24) is 19.8 Å². The van der Waals surface area contributed by atoms with Gasteiger partial charge in [0.2, 0.25) is 0 Å². The molecular formula is C23H28N6. The first kappa shape index (κ1) is 19.1. The van der Waals surface area contributed by atoms with E-state index in [9.17, 15) is 0 Å². The number of imidazole rings is 1. The lowest BCUT2D eigenvalue weighted by Crippen LogP contribution is -2.52. The molecule has 1 saturated heterocycles.